The molecular weight excluding hydrogens is 546 g/mol. The maximum atomic E-state index is 12.7. The molecular formula is C35H53NO7. The van der Waals surface area contributed by atoms with Crippen LogP contribution in [0, 0.1) is 28.6 Å². The molecule has 7 rings (SSSR count). The number of ether oxygens (including phenoxy) is 4. The van der Waals surface area contributed by atoms with Crippen LogP contribution in [0.2, 0.25) is 0 Å². The lowest BCUT2D eigenvalue weighted by Crippen LogP contribution is -2.81. The summed E-state index contributed by atoms with van der Waals surface area (Å²) in [6.45, 7) is 13.3. The van der Waals surface area contributed by atoms with Gasteiger partial charge in [0.15, 0.2) is 11.5 Å². The van der Waals surface area contributed by atoms with E-state index in [0.717, 1.165) is 62.2 Å². The zero-order valence-corrected chi connectivity index (χ0v) is 27.3. The second kappa shape index (κ2) is 10.7. The fraction of sp³-hybridized carbons (Fsp3) is 0.800. The lowest BCUT2D eigenvalue weighted by atomic mass is 9.30. The first-order chi connectivity index (χ1) is 20.3. The number of carbonyl (C=O) groups excluding carboxylic acids is 1. The van der Waals surface area contributed by atoms with E-state index < -0.39 is 17.2 Å². The van der Waals surface area contributed by atoms with E-state index in [1.807, 2.05) is 14.0 Å². The SMILES string of the molecule is COCCOCC(=O)Oc1ccc2c(c1O)[C@]13CCN(CC4CC4)[C@H](C2)[C@]12CC[C@](OC)([C@@H]([C@](C)(O)C(C)(C)C)C2)[C@@H]3C. The molecule has 1 spiro atoms. The van der Waals surface area contributed by atoms with E-state index in [-0.39, 0.29) is 46.2 Å². The van der Waals surface area contributed by atoms with Gasteiger partial charge in [0.2, 0.25) is 0 Å². The summed E-state index contributed by atoms with van der Waals surface area (Å²) >= 11 is 0. The molecule has 2 N–H and O–H groups in total. The molecule has 0 amide bonds. The predicted molar refractivity (Wildman–Crippen MR) is 163 cm³/mol. The Kier molecular flexibility index (Phi) is 7.77. The lowest BCUT2D eigenvalue weighted by Gasteiger charge is -2.78. The van der Waals surface area contributed by atoms with E-state index in [2.05, 4.69) is 38.7 Å². The van der Waals surface area contributed by atoms with Crippen molar-refractivity contribution in [1.82, 2.24) is 4.90 Å². The molecule has 1 heterocycles. The Balaban J connectivity index is 1.47. The normalized spacial score (nSPS) is 36.5. The Morgan fingerprint density at radius 1 is 1.09 bits per heavy atom. The summed E-state index contributed by atoms with van der Waals surface area (Å²) in [5, 5.41) is 24.4. The number of hydrogen-bond donors (Lipinski definition) is 2. The number of fused-ring (bicyclic) bond motifs is 3. The topological polar surface area (TPSA) is 97.7 Å². The molecule has 4 bridgehead atoms. The molecule has 1 aliphatic heterocycles. The van der Waals surface area contributed by atoms with Crippen molar-refractivity contribution in [3.63, 3.8) is 0 Å². The van der Waals surface area contributed by atoms with E-state index >= 15 is 0 Å². The van der Waals surface area contributed by atoms with Crippen LogP contribution >= 0.6 is 0 Å². The van der Waals surface area contributed by atoms with Crippen molar-refractivity contribution in [2.75, 3.05) is 47.1 Å². The number of phenolic OH excluding ortho intramolecular Hbond substituents is 1. The van der Waals surface area contributed by atoms with Gasteiger partial charge in [-0.05, 0) is 92.7 Å². The zero-order valence-electron chi connectivity index (χ0n) is 27.3. The summed E-state index contributed by atoms with van der Waals surface area (Å²) in [6.07, 6.45) is 7.11. The smallest absolute Gasteiger partial charge is 0.337 e. The van der Waals surface area contributed by atoms with Crippen molar-refractivity contribution in [3.05, 3.63) is 23.3 Å². The third-order valence-corrected chi connectivity index (χ3v) is 13.1. The van der Waals surface area contributed by atoms with Gasteiger partial charge < -0.3 is 29.2 Å². The Hall–Kier alpha value is -1.71. The van der Waals surface area contributed by atoms with Gasteiger partial charge in [0.25, 0.3) is 0 Å². The summed E-state index contributed by atoms with van der Waals surface area (Å²) < 4.78 is 22.8. The molecule has 5 aliphatic carbocycles. The summed E-state index contributed by atoms with van der Waals surface area (Å²) in [5.41, 5.74) is -0.261. The zero-order chi connectivity index (χ0) is 31.0. The summed E-state index contributed by atoms with van der Waals surface area (Å²) in [6, 6.07) is 4.15. The number of aliphatic hydroxyl groups is 1. The molecule has 5 fully saturated rings. The number of phenols is 1. The largest absolute Gasteiger partial charge is 0.504 e. The summed E-state index contributed by atoms with van der Waals surface area (Å²) in [7, 11) is 3.40. The second-order valence-corrected chi connectivity index (χ2v) is 15.5. The lowest BCUT2D eigenvalue weighted by molar-refractivity contribution is -0.308. The van der Waals surface area contributed by atoms with Crippen LogP contribution in [0.25, 0.3) is 0 Å². The third-order valence-electron chi connectivity index (χ3n) is 13.1. The van der Waals surface area contributed by atoms with Crippen LogP contribution in [0.3, 0.4) is 0 Å². The summed E-state index contributed by atoms with van der Waals surface area (Å²) in [4.78, 5) is 15.5. The number of piperidine rings is 1. The minimum atomic E-state index is -0.954. The molecule has 8 nitrogen and oxygen atoms in total. The Bertz CT molecular complexity index is 1240. The number of aromatic hydroxyl groups is 1. The van der Waals surface area contributed by atoms with Gasteiger partial charge in [0, 0.05) is 43.7 Å². The molecule has 43 heavy (non-hydrogen) atoms. The highest BCUT2D eigenvalue weighted by molar-refractivity contribution is 5.75. The van der Waals surface area contributed by atoms with Gasteiger partial charge in [-0.1, -0.05) is 33.8 Å². The number of nitrogens with zero attached hydrogens (tertiary/aromatic N) is 1. The Morgan fingerprint density at radius 3 is 2.49 bits per heavy atom. The van der Waals surface area contributed by atoms with Crippen molar-refractivity contribution >= 4 is 5.97 Å². The predicted octanol–water partition coefficient (Wildman–Crippen LogP) is 4.86. The van der Waals surface area contributed by atoms with Gasteiger partial charge in [-0.25, -0.2) is 4.79 Å². The fourth-order valence-electron chi connectivity index (χ4n) is 10.3. The average Bonchev–Trinajstić information content (AvgIpc) is 3.78. The number of hydrogen-bond acceptors (Lipinski definition) is 8. The van der Waals surface area contributed by atoms with Crippen LogP contribution in [-0.2, 0) is 30.8 Å². The molecule has 0 unspecified atom stereocenters. The Morgan fingerprint density at radius 2 is 1.84 bits per heavy atom. The van der Waals surface area contributed by atoms with Gasteiger partial charge in [0.1, 0.15) is 6.61 Å². The number of rotatable bonds is 10. The quantitative estimate of drug-likeness (QED) is 0.224. The number of likely N-dealkylation sites (tertiary alicyclic amines) is 1. The molecule has 1 saturated heterocycles. The van der Waals surface area contributed by atoms with Gasteiger partial charge in [-0.3, -0.25) is 4.90 Å². The van der Waals surface area contributed by atoms with Gasteiger partial charge in [-0.2, -0.15) is 0 Å². The molecule has 0 radical (unpaired) electrons. The molecule has 8 heteroatoms. The van der Waals surface area contributed by atoms with Crippen molar-refractivity contribution in [2.24, 2.45) is 28.6 Å². The van der Waals surface area contributed by atoms with Crippen LogP contribution in [0.5, 0.6) is 11.5 Å². The third kappa shape index (κ3) is 4.44. The second-order valence-electron chi connectivity index (χ2n) is 15.5. The van der Waals surface area contributed by atoms with Gasteiger partial charge in [0.05, 0.1) is 24.4 Å². The minimum Gasteiger partial charge on any atom is -0.504 e. The van der Waals surface area contributed by atoms with Crippen molar-refractivity contribution < 1.29 is 34.0 Å². The number of esters is 1. The Labute approximate surface area is 257 Å². The van der Waals surface area contributed by atoms with E-state index in [1.54, 1.807) is 13.2 Å². The van der Waals surface area contributed by atoms with Crippen LogP contribution in [0.1, 0.15) is 84.3 Å². The molecule has 240 valence electrons. The van der Waals surface area contributed by atoms with Gasteiger partial charge >= 0.3 is 5.97 Å². The van der Waals surface area contributed by atoms with E-state index in [9.17, 15) is 15.0 Å². The van der Waals surface area contributed by atoms with E-state index in [1.165, 1.54) is 12.8 Å². The first-order valence-electron chi connectivity index (χ1n) is 16.4. The van der Waals surface area contributed by atoms with Crippen molar-refractivity contribution in [1.29, 1.82) is 0 Å². The van der Waals surface area contributed by atoms with Gasteiger partial charge in [-0.15, -0.1) is 0 Å². The summed E-state index contributed by atoms with van der Waals surface area (Å²) in [5.74, 6) is 0.494. The number of carbonyl (C=O) groups is 1. The number of benzene rings is 1. The standard InChI is InChI=1S/C35H53NO7/c1-22-34-14-15-36(20-23-8-9-23)27(33(34)12-13-35(22,41-7)26(19-33)32(5,39)31(2,3)4)18-24-10-11-25(30(38)29(24)34)43-28(37)21-42-17-16-40-6/h10-11,22-23,26-27,38-39H,8-9,12-21H2,1-7H3/t22-,26-,27-,32+,33-,34-,35-/m1/s1. The van der Waals surface area contributed by atoms with Crippen LogP contribution in [0.15, 0.2) is 12.1 Å². The van der Waals surface area contributed by atoms with Crippen LogP contribution < -0.4 is 4.74 Å². The maximum absolute atomic E-state index is 12.7. The minimum absolute atomic E-state index is 0.0326. The highest BCUT2D eigenvalue weighted by atomic mass is 16.6. The molecule has 4 saturated carbocycles. The highest BCUT2D eigenvalue weighted by Gasteiger charge is 2.78. The van der Waals surface area contributed by atoms with Crippen LogP contribution in [-0.4, -0.2) is 85.5 Å². The molecule has 6 aliphatic rings. The van der Waals surface area contributed by atoms with E-state index in [0.29, 0.717) is 19.3 Å². The van der Waals surface area contributed by atoms with E-state index in [4.69, 9.17) is 18.9 Å². The first kappa shape index (κ1) is 31.3. The number of methoxy groups -OCH3 is 2. The molecule has 0 aromatic heterocycles. The molecule has 1 aromatic carbocycles. The van der Waals surface area contributed by atoms with Crippen molar-refractivity contribution in [3.8, 4) is 11.5 Å². The highest BCUT2D eigenvalue weighted by Crippen LogP contribution is 2.77. The maximum Gasteiger partial charge on any atom is 0.337 e. The monoisotopic (exact) mass is 599 g/mol. The van der Waals surface area contributed by atoms with Crippen molar-refractivity contribution in [2.45, 2.75) is 102 Å². The molecule has 1 aromatic rings. The van der Waals surface area contributed by atoms with Crippen LogP contribution in [0.4, 0.5) is 0 Å². The fourth-order valence-corrected chi connectivity index (χ4v) is 10.3. The molecule has 7 atom stereocenters. The average molecular weight is 600 g/mol. The first-order valence-corrected chi connectivity index (χ1v) is 16.4.